The Balaban J connectivity index is 2.29. The first-order valence-corrected chi connectivity index (χ1v) is 7.11. The summed E-state index contributed by atoms with van der Waals surface area (Å²) in [5, 5.41) is 31.9. The monoisotopic (exact) mass is 381 g/mol. The van der Waals surface area contributed by atoms with Crippen LogP contribution in [0, 0.1) is 30.3 Å². The second kappa shape index (κ2) is 7.53. The van der Waals surface area contributed by atoms with Gasteiger partial charge in [0.05, 0.1) is 26.4 Å². The predicted octanol–water partition coefficient (Wildman–Crippen LogP) is 3.42. The molecule has 0 bridgehead atoms. The lowest BCUT2D eigenvalue weighted by Gasteiger charge is -2.07. The molecule has 12 heteroatoms. The minimum atomic E-state index is -1.15. The molecule has 11 nitrogen and oxygen atoms in total. The molecule has 0 aliphatic heterocycles. The largest absolute Gasteiger partial charge is 0.457 e. The van der Waals surface area contributed by atoms with Crippen molar-refractivity contribution in [3.8, 4) is 0 Å². The highest BCUT2D eigenvalue weighted by atomic mass is 35.5. The number of carbonyl (C=O) groups is 1. The lowest BCUT2D eigenvalue weighted by Crippen LogP contribution is -2.08. The minimum absolute atomic E-state index is 0.220. The predicted molar refractivity (Wildman–Crippen MR) is 87.0 cm³/mol. The number of hydrogen-bond acceptors (Lipinski definition) is 8. The number of carbonyl (C=O) groups excluding carboxylic acids is 1. The van der Waals surface area contributed by atoms with Gasteiger partial charge in [0.1, 0.15) is 11.6 Å². The fraction of sp³-hybridized carbons (Fsp3) is 0.0714. The van der Waals surface area contributed by atoms with Crippen LogP contribution in [0.25, 0.3) is 0 Å². The fourth-order valence-electron chi connectivity index (χ4n) is 1.97. The van der Waals surface area contributed by atoms with Crippen molar-refractivity contribution in [1.82, 2.24) is 0 Å². The summed E-state index contributed by atoms with van der Waals surface area (Å²) in [6.45, 7) is -0.396. The number of hydrogen-bond donors (Lipinski definition) is 0. The topological polar surface area (TPSA) is 156 Å². The van der Waals surface area contributed by atoms with Crippen molar-refractivity contribution in [2.24, 2.45) is 0 Å². The summed E-state index contributed by atoms with van der Waals surface area (Å²) in [5.74, 6) is -1.15. The van der Waals surface area contributed by atoms with Gasteiger partial charge >= 0.3 is 5.97 Å². The second-order valence-electron chi connectivity index (χ2n) is 4.84. The molecule has 0 aromatic heterocycles. The first-order valence-electron chi connectivity index (χ1n) is 6.73. The summed E-state index contributed by atoms with van der Waals surface area (Å²) in [7, 11) is 0. The fourth-order valence-corrected chi connectivity index (χ4v) is 2.22. The average molecular weight is 382 g/mol. The summed E-state index contributed by atoms with van der Waals surface area (Å²) in [6, 6.07) is 6.63. The molecule has 134 valence electrons. The molecule has 0 radical (unpaired) electrons. The number of non-ortho nitro benzene ring substituents is 2. The van der Waals surface area contributed by atoms with Crippen LogP contribution in [0.4, 0.5) is 17.1 Å². The highest BCUT2D eigenvalue weighted by Gasteiger charge is 2.27. The Morgan fingerprint density at radius 2 is 1.62 bits per heavy atom. The van der Waals surface area contributed by atoms with Gasteiger partial charge in [-0.3, -0.25) is 30.3 Å². The van der Waals surface area contributed by atoms with Crippen molar-refractivity contribution in [2.45, 2.75) is 6.61 Å². The summed E-state index contributed by atoms with van der Waals surface area (Å²) in [4.78, 5) is 42.1. The molecule has 0 heterocycles. The van der Waals surface area contributed by atoms with Gasteiger partial charge in [0, 0.05) is 18.2 Å². The molecule has 0 N–H and O–H groups in total. The minimum Gasteiger partial charge on any atom is -0.457 e. The van der Waals surface area contributed by atoms with E-state index in [9.17, 15) is 35.1 Å². The van der Waals surface area contributed by atoms with Gasteiger partial charge in [0.25, 0.3) is 17.1 Å². The van der Waals surface area contributed by atoms with Crippen molar-refractivity contribution in [2.75, 3.05) is 0 Å². The van der Waals surface area contributed by atoms with E-state index in [0.29, 0.717) is 6.07 Å². The van der Waals surface area contributed by atoms with E-state index in [1.165, 1.54) is 24.3 Å². The number of nitrogens with zero attached hydrogens (tertiary/aromatic N) is 3. The first kappa shape index (κ1) is 18.7. The number of esters is 1. The summed E-state index contributed by atoms with van der Waals surface area (Å²) >= 11 is 5.77. The zero-order valence-corrected chi connectivity index (χ0v) is 13.4. The Hall–Kier alpha value is -3.60. The second-order valence-corrected chi connectivity index (χ2v) is 5.22. The van der Waals surface area contributed by atoms with Crippen molar-refractivity contribution >= 4 is 34.6 Å². The Bertz CT molecular complexity index is 930. The normalized spacial score (nSPS) is 10.2. The molecule has 2 rings (SSSR count). The first-order chi connectivity index (χ1) is 12.2. The molecular weight excluding hydrogens is 374 g/mol. The third kappa shape index (κ3) is 4.08. The molecule has 0 unspecified atom stereocenters. The van der Waals surface area contributed by atoms with Crippen LogP contribution in [-0.4, -0.2) is 20.7 Å². The lowest BCUT2D eigenvalue weighted by molar-refractivity contribution is -0.394. The molecule has 0 amide bonds. The van der Waals surface area contributed by atoms with Crippen molar-refractivity contribution in [3.63, 3.8) is 0 Å². The molecule has 0 saturated heterocycles. The molecule has 0 spiro atoms. The number of halogens is 1. The van der Waals surface area contributed by atoms with Crippen LogP contribution in [0.15, 0.2) is 36.4 Å². The summed E-state index contributed by atoms with van der Waals surface area (Å²) < 4.78 is 4.91. The average Bonchev–Trinajstić information content (AvgIpc) is 2.59. The number of rotatable bonds is 6. The van der Waals surface area contributed by atoms with E-state index in [1.54, 1.807) is 0 Å². The highest BCUT2D eigenvalue weighted by molar-refractivity contribution is 6.35. The molecule has 2 aromatic carbocycles. The van der Waals surface area contributed by atoms with E-state index < -0.39 is 49.3 Å². The van der Waals surface area contributed by atoms with Gasteiger partial charge in [-0.05, 0) is 5.56 Å². The summed E-state index contributed by atoms with van der Waals surface area (Å²) in [5.41, 5.74) is -2.02. The zero-order valence-electron chi connectivity index (χ0n) is 12.7. The van der Waals surface area contributed by atoms with E-state index in [2.05, 4.69) is 0 Å². The van der Waals surface area contributed by atoms with Gasteiger partial charge in [-0.2, -0.15) is 0 Å². The van der Waals surface area contributed by atoms with E-state index in [4.69, 9.17) is 16.3 Å². The van der Waals surface area contributed by atoms with E-state index in [1.807, 2.05) is 0 Å². The Kier molecular flexibility index (Phi) is 5.42. The molecule has 0 saturated carbocycles. The molecule has 0 fully saturated rings. The maximum atomic E-state index is 12.1. The molecule has 2 aromatic rings. The van der Waals surface area contributed by atoms with E-state index in [-0.39, 0.29) is 11.3 Å². The Morgan fingerprint density at radius 1 is 0.962 bits per heavy atom. The van der Waals surface area contributed by atoms with Crippen molar-refractivity contribution in [3.05, 3.63) is 82.9 Å². The zero-order chi connectivity index (χ0) is 19.4. The van der Waals surface area contributed by atoms with Crippen LogP contribution in [0.2, 0.25) is 5.02 Å². The van der Waals surface area contributed by atoms with Crippen LogP contribution in [0.1, 0.15) is 15.9 Å². The molecule has 0 aliphatic rings. The van der Waals surface area contributed by atoms with E-state index in [0.717, 1.165) is 6.07 Å². The quantitative estimate of drug-likeness (QED) is 0.418. The van der Waals surface area contributed by atoms with Crippen LogP contribution in [0.3, 0.4) is 0 Å². The van der Waals surface area contributed by atoms with E-state index >= 15 is 0 Å². The number of nitro benzene ring substituents is 3. The van der Waals surface area contributed by atoms with Gasteiger partial charge in [-0.1, -0.05) is 23.7 Å². The SMILES string of the molecule is O=C(OCc1cccc([N+](=O)[O-])c1)c1cc([N+](=O)[O-])cc([N+](=O)[O-])c1Cl. The maximum Gasteiger partial charge on any atom is 0.340 e. The molecule has 26 heavy (non-hydrogen) atoms. The summed E-state index contributed by atoms with van der Waals surface area (Å²) in [6.07, 6.45) is 0. The highest BCUT2D eigenvalue weighted by Crippen LogP contribution is 2.33. The molecular formula is C14H8ClN3O8. The lowest BCUT2D eigenvalue weighted by atomic mass is 10.1. The smallest absolute Gasteiger partial charge is 0.340 e. The number of benzene rings is 2. The van der Waals surface area contributed by atoms with Crippen LogP contribution >= 0.6 is 11.6 Å². The van der Waals surface area contributed by atoms with Gasteiger partial charge in [-0.15, -0.1) is 0 Å². The molecule has 0 atom stereocenters. The van der Waals surface area contributed by atoms with Crippen LogP contribution < -0.4 is 0 Å². The van der Waals surface area contributed by atoms with Crippen LogP contribution in [-0.2, 0) is 11.3 Å². The Labute approximate surface area is 149 Å². The number of nitro groups is 3. The number of ether oxygens (including phenoxy) is 1. The third-order valence-corrected chi connectivity index (χ3v) is 3.55. The van der Waals surface area contributed by atoms with Gasteiger partial charge in [0.15, 0.2) is 0 Å². The van der Waals surface area contributed by atoms with Crippen LogP contribution in [0.5, 0.6) is 0 Å². The maximum absolute atomic E-state index is 12.1. The molecule has 0 aliphatic carbocycles. The van der Waals surface area contributed by atoms with Crippen molar-refractivity contribution < 1.29 is 24.3 Å². The third-order valence-electron chi connectivity index (χ3n) is 3.16. The van der Waals surface area contributed by atoms with Gasteiger partial charge in [0.2, 0.25) is 0 Å². The standard InChI is InChI=1S/C14H8ClN3O8/c15-13-11(5-10(17(22)23)6-12(13)18(24)25)14(19)26-7-8-2-1-3-9(4-8)16(20)21/h1-6H,7H2. The Morgan fingerprint density at radius 3 is 2.19 bits per heavy atom. The van der Waals surface area contributed by atoms with Gasteiger partial charge in [-0.25, -0.2) is 4.79 Å². The van der Waals surface area contributed by atoms with Gasteiger partial charge < -0.3 is 4.74 Å². The van der Waals surface area contributed by atoms with Crippen molar-refractivity contribution in [1.29, 1.82) is 0 Å².